The third-order valence-corrected chi connectivity index (χ3v) is 2.71. The molecule has 23 heavy (non-hydrogen) atoms. The van der Waals surface area contributed by atoms with E-state index in [1.807, 2.05) is 36.4 Å². The molecule has 0 atom stereocenters. The molecule has 0 aliphatic heterocycles. The van der Waals surface area contributed by atoms with Crippen molar-refractivity contribution in [2.24, 2.45) is 0 Å². The summed E-state index contributed by atoms with van der Waals surface area (Å²) >= 11 is 0. The van der Waals surface area contributed by atoms with E-state index >= 15 is 0 Å². The fraction of sp³-hybridized carbons (Fsp3) is 0.158. The van der Waals surface area contributed by atoms with Crippen LogP contribution in [0.15, 0.2) is 61.7 Å². The van der Waals surface area contributed by atoms with E-state index in [1.165, 1.54) is 0 Å². The van der Waals surface area contributed by atoms with Gasteiger partial charge in [0.15, 0.2) is 0 Å². The topological polar surface area (TPSA) is 58.2 Å². The molecule has 1 aromatic rings. The minimum atomic E-state index is -0.276. The second-order valence-corrected chi connectivity index (χ2v) is 4.79. The summed E-state index contributed by atoms with van der Waals surface area (Å²) in [6.07, 6.45) is 3.66. The summed E-state index contributed by atoms with van der Waals surface area (Å²) in [7, 11) is 0. The predicted octanol–water partition coefficient (Wildman–Crippen LogP) is 3.30. The number of carbonyl (C=O) groups is 2. The van der Waals surface area contributed by atoms with Crippen LogP contribution in [0.3, 0.4) is 0 Å². The second kappa shape index (κ2) is 10.8. The van der Waals surface area contributed by atoms with Crippen LogP contribution in [0.5, 0.6) is 0 Å². The number of nitrogens with one attached hydrogen (secondary N) is 2. The van der Waals surface area contributed by atoms with Gasteiger partial charge in [-0.2, -0.15) is 0 Å². The smallest absolute Gasteiger partial charge is 0.247 e. The Bertz CT molecular complexity index is 563. The summed E-state index contributed by atoms with van der Waals surface area (Å²) in [4.78, 5) is 21.8. The van der Waals surface area contributed by atoms with E-state index in [-0.39, 0.29) is 18.5 Å². The third-order valence-electron chi connectivity index (χ3n) is 2.71. The van der Waals surface area contributed by atoms with Gasteiger partial charge in [0, 0.05) is 11.1 Å². The quantitative estimate of drug-likeness (QED) is 0.625. The molecule has 0 bridgehead atoms. The SMILES string of the molecule is C=C(C)C(=O)NCNC(=O)C(=C)C.C=Cc1ccccc1C=C. The molecule has 0 saturated carbocycles. The Labute approximate surface area is 138 Å². The molecule has 0 unspecified atom stereocenters. The molecule has 1 aromatic carbocycles. The van der Waals surface area contributed by atoms with E-state index in [9.17, 15) is 9.59 Å². The molecule has 0 aliphatic carbocycles. The third kappa shape index (κ3) is 8.21. The van der Waals surface area contributed by atoms with Crippen molar-refractivity contribution < 1.29 is 9.59 Å². The first kappa shape index (κ1) is 20.1. The van der Waals surface area contributed by atoms with Crippen LogP contribution in [0, 0.1) is 0 Å². The van der Waals surface area contributed by atoms with Crippen LogP contribution >= 0.6 is 0 Å². The minimum Gasteiger partial charge on any atom is -0.335 e. The minimum absolute atomic E-state index is 0.0946. The van der Waals surface area contributed by atoms with Crippen molar-refractivity contribution in [3.05, 3.63) is 72.9 Å². The molecular formula is C19H24N2O2. The molecule has 4 nitrogen and oxygen atoms in total. The van der Waals surface area contributed by atoms with Gasteiger partial charge in [-0.15, -0.1) is 0 Å². The normalized spacial score (nSPS) is 8.78. The zero-order valence-electron chi connectivity index (χ0n) is 13.8. The van der Waals surface area contributed by atoms with Crippen molar-refractivity contribution in [1.82, 2.24) is 10.6 Å². The molecule has 0 radical (unpaired) electrons. The highest BCUT2D eigenvalue weighted by Crippen LogP contribution is 2.10. The first-order valence-electron chi connectivity index (χ1n) is 7.04. The zero-order chi connectivity index (χ0) is 17.8. The summed E-state index contributed by atoms with van der Waals surface area (Å²) in [6.45, 7) is 17.6. The highest BCUT2D eigenvalue weighted by Gasteiger charge is 2.02. The number of hydrogen-bond donors (Lipinski definition) is 2. The predicted molar refractivity (Wildman–Crippen MR) is 97.4 cm³/mol. The fourth-order valence-electron chi connectivity index (χ4n) is 1.39. The van der Waals surface area contributed by atoms with Gasteiger partial charge >= 0.3 is 0 Å². The first-order valence-corrected chi connectivity index (χ1v) is 7.04. The Morgan fingerprint density at radius 2 is 1.26 bits per heavy atom. The lowest BCUT2D eigenvalue weighted by atomic mass is 10.1. The van der Waals surface area contributed by atoms with E-state index in [2.05, 4.69) is 36.9 Å². The van der Waals surface area contributed by atoms with Crippen LogP contribution < -0.4 is 10.6 Å². The van der Waals surface area contributed by atoms with Gasteiger partial charge < -0.3 is 10.6 Å². The van der Waals surface area contributed by atoms with Crippen molar-refractivity contribution in [2.75, 3.05) is 6.67 Å². The maximum Gasteiger partial charge on any atom is 0.247 e. The fourth-order valence-corrected chi connectivity index (χ4v) is 1.39. The Morgan fingerprint density at radius 3 is 1.52 bits per heavy atom. The molecule has 4 heteroatoms. The first-order chi connectivity index (χ1) is 10.8. The molecule has 2 N–H and O–H groups in total. The molecule has 0 aromatic heterocycles. The van der Waals surface area contributed by atoms with Crippen LogP contribution in [-0.4, -0.2) is 18.5 Å². The van der Waals surface area contributed by atoms with Crippen LogP contribution in [-0.2, 0) is 9.59 Å². The Balaban J connectivity index is 0.000000433. The van der Waals surface area contributed by atoms with Crippen molar-refractivity contribution in [3.63, 3.8) is 0 Å². The number of benzene rings is 1. The van der Waals surface area contributed by atoms with E-state index in [1.54, 1.807) is 13.8 Å². The maximum absolute atomic E-state index is 10.9. The van der Waals surface area contributed by atoms with Crippen molar-refractivity contribution in [1.29, 1.82) is 0 Å². The molecule has 0 aliphatic rings. The lowest BCUT2D eigenvalue weighted by molar-refractivity contribution is -0.119. The summed E-state index contributed by atoms with van der Waals surface area (Å²) in [5.41, 5.74) is 3.09. The zero-order valence-corrected chi connectivity index (χ0v) is 13.8. The van der Waals surface area contributed by atoms with Gasteiger partial charge in [-0.1, -0.05) is 62.7 Å². The molecule has 122 valence electrons. The molecule has 1 rings (SSSR count). The van der Waals surface area contributed by atoms with E-state index in [0.29, 0.717) is 11.1 Å². The van der Waals surface area contributed by atoms with E-state index < -0.39 is 0 Å². The molecule has 0 saturated heterocycles. The van der Waals surface area contributed by atoms with E-state index in [4.69, 9.17) is 0 Å². The van der Waals surface area contributed by atoms with Crippen LogP contribution in [0.2, 0.25) is 0 Å². The van der Waals surface area contributed by atoms with Crippen LogP contribution in [0.1, 0.15) is 25.0 Å². The highest BCUT2D eigenvalue weighted by atomic mass is 16.2. The monoisotopic (exact) mass is 312 g/mol. The molecular weight excluding hydrogens is 288 g/mol. The van der Waals surface area contributed by atoms with Gasteiger partial charge in [0.25, 0.3) is 0 Å². The summed E-state index contributed by atoms with van der Waals surface area (Å²) in [5, 5.41) is 4.91. The van der Waals surface area contributed by atoms with Gasteiger partial charge in [0.05, 0.1) is 6.67 Å². The Kier molecular flexibility index (Phi) is 9.44. The largest absolute Gasteiger partial charge is 0.335 e. The van der Waals surface area contributed by atoms with Crippen molar-refractivity contribution >= 4 is 24.0 Å². The number of rotatable bonds is 6. The van der Waals surface area contributed by atoms with Gasteiger partial charge in [0.1, 0.15) is 0 Å². The average molecular weight is 312 g/mol. The van der Waals surface area contributed by atoms with E-state index in [0.717, 1.165) is 11.1 Å². The number of carbonyl (C=O) groups excluding carboxylic acids is 2. The Hall–Kier alpha value is -2.88. The van der Waals surface area contributed by atoms with Gasteiger partial charge in [-0.3, -0.25) is 9.59 Å². The van der Waals surface area contributed by atoms with Crippen molar-refractivity contribution in [3.8, 4) is 0 Å². The van der Waals surface area contributed by atoms with Gasteiger partial charge in [0.2, 0.25) is 11.8 Å². The second-order valence-electron chi connectivity index (χ2n) is 4.79. The molecule has 0 heterocycles. The molecule has 0 fully saturated rings. The van der Waals surface area contributed by atoms with Crippen LogP contribution in [0.4, 0.5) is 0 Å². The van der Waals surface area contributed by atoms with Gasteiger partial charge in [-0.25, -0.2) is 0 Å². The van der Waals surface area contributed by atoms with Crippen molar-refractivity contribution in [2.45, 2.75) is 13.8 Å². The summed E-state index contributed by atoms with van der Waals surface area (Å²) < 4.78 is 0. The molecule has 2 amide bonds. The maximum atomic E-state index is 10.9. The number of hydrogen-bond acceptors (Lipinski definition) is 2. The summed E-state index contributed by atoms with van der Waals surface area (Å²) in [6, 6.07) is 8.02. The number of amides is 2. The summed E-state index contributed by atoms with van der Waals surface area (Å²) in [5.74, 6) is -0.552. The molecule has 0 spiro atoms. The highest BCUT2D eigenvalue weighted by molar-refractivity contribution is 5.94. The average Bonchev–Trinajstić information content (AvgIpc) is 2.54. The Morgan fingerprint density at radius 1 is 0.913 bits per heavy atom. The lowest BCUT2D eigenvalue weighted by Crippen LogP contribution is -2.37. The standard InChI is InChI=1S/C10H10.C9H14N2O2/c1-3-9-7-5-6-8-10(9)4-2;1-6(2)8(12)10-5-11-9(13)7(3)4/h3-8H,1-2H2;1,3,5H2,2,4H3,(H,10,12)(H,11,13). The lowest BCUT2D eigenvalue weighted by Gasteiger charge is -2.06. The van der Waals surface area contributed by atoms with Crippen LogP contribution in [0.25, 0.3) is 12.2 Å². The van der Waals surface area contributed by atoms with Gasteiger partial charge in [-0.05, 0) is 25.0 Å².